The average Bonchev–Trinajstić information content (AvgIpc) is 3.35. The summed E-state index contributed by atoms with van der Waals surface area (Å²) >= 11 is 4.68. The molecule has 31 heavy (non-hydrogen) atoms. The maximum Gasteiger partial charge on any atom is 0.266 e. The van der Waals surface area contributed by atoms with E-state index in [1.54, 1.807) is 41.2 Å². The highest BCUT2D eigenvalue weighted by atomic mass is 79.9. The second kappa shape index (κ2) is 9.40. The third-order valence-corrected chi connectivity index (χ3v) is 5.84. The molecule has 0 bridgehead atoms. The number of nitrogens with zero attached hydrogens (tertiary/aromatic N) is 2. The zero-order valence-corrected chi connectivity index (χ0v) is 18.4. The van der Waals surface area contributed by atoms with E-state index in [1.807, 2.05) is 5.38 Å². The highest BCUT2D eigenvalue weighted by Crippen LogP contribution is 2.24. The van der Waals surface area contributed by atoms with E-state index < -0.39 is 0 Å². The van der Waals surface area contributed by atoms with Crippen LogP contribution >= 0.6 is 27.3 Å². The number of benzene rings is 2. The zero-order chi connectivity index (χ0) is 21.8. The van der Waals surface area contributed by atoms with Crippen LogP contribution in [0, 0.1) is 11.6 Å². The summed E-state index contributed by atoms with van der Waals surface area (Å²) in [6, 6.07) is 13.8. The number of nitrogens with one attached hydrogen (secondary N) is 1. The van der Waals surface area contributed by atoms with Crippen LogP contribution in [0.3, 0.4) is 0 Å². The van der Waals surface area contributed by atoms with Crippen LogP contribution < -0.4 is 10.1 Å². The molecular weight excluding hydrogens is 488 g/mol. The monoisotopic (exact) mass is 503 g/mol. The lowest BCUT2D eigenvalue weighted by Gasteiger charge is -2.04. The summed E-state index contributed by atoms with van der Waals surface area (Å²) in [7, 11) is 0. The van der Waals surface area contributed by atoms with Gasteiger partial charge in [-0.1, -0.05) is 18.2 Å². The first-order chi connectivity index (χ1) is 15.0. The second-order valence-electron chi connectivity index (χ2n) is 6.67. The molecule has 0 aliphatic carbocycles. The van der Waals surface area contributed by atoms with E-state index in [1.165, 1.54) is 35.6 Å². The van der Waals surface area contributed by atoms with Crippen LogP contribution in [0.15, 0.2) is 70.6 Å². The number of hydrogen-bond donors (Lipinski definition) is 1. The van der Waals surface area contributed by atoms with Crippen molar-refractivity contribution in [2.24, 2.45) is 0 Å². The Morgan fingerprint density at radius 3 is 2.68 bits per heavy atom. The fraction of sp³-hybridized carbons (Fsp3) is 0.0909. The number of anilines is 1. The van der Waals surface area contributed by atoms with Gasteiger partial charge in [0.2, 0.25) is 0 Å². The number of ether oxygens (including phenoxy) is 1. The van der Waals surface area contributed by atoms with Crippen molar-refractivity contribution in [3.8, 4) is 5.75 Å². The van der Waals surface area contributed by atoms with Crippen LogP contribution in [-0.4, -0.2) is 15.7 Å². The number of carbonyl (C=O) groups excluding carboxylic acids is 1. The summed E-state index contributed by atoms with van der Waals surface area (Å²) in [6.07, 6.45) is 1.74. The van der Waals surface area contributed by atoms with Crippen molar-refractivity contribution in [2.75, 3.05) is 5.32 Å². The zero-order valence-electron chi connectivity index (χ0n) is 16.0. The molecule has 4 aromatic rings. The largest absolute Gasteiger partial charge is 0.489 e. The predicted octanol–water partition coefficient (Wildman–Crippen LogP) is 5.86. The van der Waals surface area contributed by atoms with Gasteiger partial charge in [-0.2, -0.15) is 5.10 Å². The van der Waals surface area contributed by atoms with E-state index in [9.17, 15) is 13.6 Å². The molecule has 1 amide bonds. The molecule has 2 aromatic carbocycles. The molecule has 4 rings (SSSR count). The van der Waals surface area contributed by atoms with Gasteiger partial charge >= 0.3 is 0 Å². The Balaban J connectivity index is 1.37. The summed E-state index contributed by atoms with van der Waals surface area (Å²) in [4.78, 5) is 13.1. The summed E-state index contributed by atoms with van der Waals surface area (Å²) in [5.74, 6) is -0.150. The van der Waals surface area contributed by atoms with E-state index in [0.29, 0.717) is 27.5 Å². The molecule has 0 fully saturated rings. The van der Waals surface area contributed by atoms with E-state index in [0.717, 1.165) is 11.1 Å². The van der Waals surface area contributed by atoms with E-state index in [4.69, 9.17) is 4.74 Å². The third-order valence-electron chi connectivity index (χ3n) is 4.29. The summed E-state index contributed by atoms with van der Waals surface area (Å²) in [5, 5.41) is 8.97. The lowest BCUT2D eigenvalue weighted by Crippen LogP contribution is -2.11. The van der Waals surface area contributed by atoms with Gasteiger partial charge < -0.3 is 10.1 Å². The Bertz CT molecular complexity index is 1210. The number of carbonyl (C=O) groups is 1. The van der Waals surface area contributed by atoms with E-state index in [2.05, 4.69) is 26.3 Å². The molecule has 1 N–H and O–H groups in total. The van der Waals surface area contributed by atoms with Gasteiger partial charge in [0.1, 0.15) is 24.0 Å². The molecule has 9 heteroatoms. The molecule has 2 heterocycles. The van der Waals surface area contributed by atoms with Crippen LogP contribution in [0.1, 0.15) is 20.8 Å². The molecule has 0 radical (unpaired) electrons. The fourth-order valence-electron chi connectivity index (χ4n) is 2.80. The van der Waals surface area contributed by atoms with Gasteiger partial charge in [0.05, 0.1) is 15.9 Å². The molecule has 2 aromatic heterocycles. The quantitative estimate of drug-likeness (QED) is 0.343. The van der Waals surface area contributed by atoms with Crippen LogP contribution in [0.4, 0.5) is 14.6 Å². The van der Waals surface area contributed by atoms with Gasteiger partial charge in [-0.05, 0) is 57.2 Å². The number of hydrogen-bond acceptors (Lipinski definition) is 4. The smallest absolute Gasteiger partial charge is 0.266 e. The normalized spacial score (nSPS) is 10.8. The van der Waals surface area contributed by atoms with E-state index >= 15 is 0 Å². The predicted molar refractivity (Wildman–Crippen MR) is 118 cm³/mol. The van der Waals surface area contributed by atoms with Crippen LogP contribution in [0.2, 0.25) is 0 Å². The minimum Gasteiger partial charge on any atom is -0.489 e. The first-order valence-electron chi connectivity index (χ1n) is 9.21. The maximum absolute atomic E-state index is 13.2. The molecule has 0 aliphatic rings. The summed E-state index contributed by atoms with van der Waals surface area (Å²) in [6.45, 7) is 0.665. The SMILES string of the molecule is O=C(Nc1nn(Cc2ccc(F)cc2)cc1Br)c1cc(COc2cccc(F)c2)cs1. The fourth-order valence-corrected chi connectivity index (χ4v) is 4.01. The number of aromatic nitrogens is 2. The summed E-state index contributed by atoms with van der Waals surface area (Å²) < 4.78 is 34.1. The number of amides is 1. The molecule has 5 nitrogen and oxygen atoms in total. The van der Waals surface area contributed by atoms with Crippen molar-refractivity contribution in [2.45, 2.75) is 13.2 Å². The Hall–Kier alpha value is -3.04. The average molecular weight is 504 g/mol. The first kappa shape index (κ1) is 21.2. The molecule has 0 spiro atoms. The summed E-state index contributed by atoms with van der Waals surface area (Å²) in [5.41, 5.74) is 1.69. The Morgan fingerprint density at radius 2 is 1.90 bits per heavy atom. The van der Waals surface area contributed by atoms with Crippen molar-refractivity contribution in [3.05, 3.63) is 98.3 Å². The molecule has 0 aliphatic heterocycles. The number of rotatable bonds is 7. The molecule has 0 unspecified atom stereocenters. The Labute approximate surface area is 189 Å². The highest BCUT2D eigenvalue weighted by Gasteiger charge is 2.14. The molecular formula is C22H16BrF2N3O2S. The standard InChI is InChI=1S/C22H16BrF2N3O2S/c23-19-11-28(10-14-4-6-16(24)7-5-14)27-21(19)26-22(29)20-8-15(13-31-20)12-30-18-3-1-2-17(25)9-18/h1-9,11,13H,10,12H2,(H,26,27,29). The molecule has 0 saturated carbocycles. The van der Waals surface area contributed by atoms with Crippen LogP contribution in [0.5, 0.6) is 5.75 Å². The van der Waals surface area contributed by atoms with Crippen LogP contribution in [0.25, 0.3) is 0 Å². The van der Waals surface area contributed by atoms with Gasteiger partial charge in [-0.25, -0.2) is 8.78 Å². The highest BCUT2D eigenvalue weighted by molar-refractivity contribution is 9.10. The van der Waals surface area contributed by atoms with Gasteiger partial charge in [0, 0.05) is 17.8 Å². The Kier molecular flexibility index (Phi) is 6.43. The number of halogens is 3. The lowest BCUT2D eigenvalue weighted by molar-refractivity contribution is 0.103. The Morgan fingerprint density at radius 1 is 1.10 bits per heavy atom. The third kappa shape index (κ3) is 5.56. The molecule has 0 saturated heterocycles. The minimum atomic E-state index is -0.368. The van der Waals surface area contributed by atoms with Crippen molar-refractivity contribution >= 4 is 39.0 Å². The van der Waals surface area contributed by atoms with Crippen molar-refractivity contribution < 1.29 is 18.3 Å². The van der Waals surface area contributed by atoms with Gasteiger partial charge in [-0.3, -0.25) is 9.48 Å². The number of thiophene rings is 1. The topological polar surface area (TPSA) is 56.2 Å². The maximum atomic E-state index is 13.2. The lowest BCUT2D eigenvalue weighted by atomic mass is 10.2. The van der Waals surface area contributed by atoms with Gasteiger partial charge in [0.25, 0.3) is 5.91 Å². The minimum absolute atomic E-state index is 0.225. The van der Waals surface area contributed by atoms with Crippen molar-refractivity contribution in [1.29, 1.82) is 0 Å². The first-order valence-corrected chi connectivity index (χ1v) is 10.9. The molecule has 158 valence electrons. The van der Waals surface area contributed by atoms with Crippen LogP contribution in [-0.2, 0) is 13.2 Å². The van der Waals surface area contributed by atoms with Crippen molar-refractivity contribution in [1.82, 2.24) is 9.78 Å². The van der Waals surface area contributed by atoms with Gasteiger partial charge in [-0.15, -0.1) is 11.3 Å². The molecule has 0 atom stereocenters. The van der Waals surface area contributed by atoms with Gasteiger partial charge in [0.15, 0.2) is 5.82 Å². The van der Waals surface area contributed by atoms with Crippen molar-refractivity contribution in [3.63, 3.8) is 0 Å². The second-order valence-corrected chi connectivity index (χ2v) is 8.43. The van der Waals surface area contributed by atoms with E-state index in [-0.39, 0.29) is 24.1 Å².